The van der Waals surface area contributed by atoms with Gasteiger partial charge < -0.3 is 12.4 Å². The first kappa shape index (κ1) is 19.5. The Morgan fingerprint density at radius 1 is 0.941 bits per heavy atom. The Bertz CT molecular complexity index is 243. The van der Waals surface area contributed by atoms with E-state index in [0.717, 1.165) is 6.42 Å². The van der Waals surface area contributed by atoms with Crippen LogP contribution in [0.4, 0.5) is 0 Å². The molecule has 0 nitrogen and oxygen atoms in total. The van der Waals surface area contributed by atoms with Crippen LogP contribution in [0.15, 0.2) is 36.9 Å². The number of allylic oxidation sites excluding steroid dienone is 1. The Kier molecular flexibility index (Phi) is 16.3. The molecule has 2 fully saturated rings. The number of hydrogen-bond acceptors (Lipinski definition) is 0. The van der Waals surface area contributed by atoms with Gasteiger partial charge in [0, 0.05) is 26.2 Å². The van der Waals surface area contributed by atoms with Gasteiger partial charge in [0.25, 0.3) is 0 Å². The SMILES string of the molecule is C=[C]Cc1ccccc1.[CH]1CC1.[CH]1CC1.[Cl-].[Zr]. The van der Waals surface area contributed by atoms with E-state index < -0.39 is 0 Å². The van der Waals surface area contributed by atoms with Crippen LogP contribution in [-0.2, 0) is 32.6 Å². The van der Waals surface area contributed by atoms with Crippen molar-refractivity contribution in [1.29, 1.82) is 0 Å². The van der Waals surface area contributed by atoms with Gasteiger partial charge in [0.15, 0.2) is 0 Å². The van der Waals surface area contributed by atoms with Gasteiger partial charge >= 0.3 is 0 Å². The predicted octanol–water partition coefficient (Wildman–Crippen LogP) is 1.19. The smallest absolute Gasteiger partial charge is 0 e. The zero-order valence-electron chi connectivity index (χ0n) is 10.2. The zero-order valence-corrected chi connectivity index (χ0v) is 13.4. The summed E-state index contributed by atoms with van der Waals surface area (Å²) in [5.41, 5.74) is 1.27. The molecule has 2 aliphatic carbocycles. The van der Waals surface area contributed by atoms with Crippen LogP contribution < -0.4 is 12.4 Å². The molecule has 2 heteroatoms. The molecule has 0 unspecified atom stereocenters. The first-order valence-electron chi connectivity index (χ1n) is 5.60. The third kappa shape index (κ3) is 18.7. The molecule has 1 aromatic rings. The maximum atomic E-state index is 3.53. The Hall–Kier alpha value is 0.133. The second-order valence-corrected chi connectivity index (χ2v) is 3.64. The number of benzene rings is 1. The summed E-state index contributed by atoms with van der Waals surface area (Å²) in [6.45, 7) is 3.53. The van der Waals surface area contributed by atoms with E-state index in [1.807, 2.05) is 18.2 Å². The van der Waals surface area contributed by atoms with Crippen LogP contribution in [0.25, 0.3) is 0 Å². The second-order valence-electron chi connectivity index (χ2n) is 3.64. The molecule has 3 radical (unpaired) electrons. The van der Waals surface area contributed by atoms with Gasteiger partial charge in [-0.2, -0.15) is 0 Å². The van der Waals surface area contributed by atoms with Crippen molar-refractivity contribution in [3.05, 3.63) is 61.4 Å². The van der Waals surface area contributed by atoms with Crippen molar-refractivity contribution in [2.75, 3.05) is 0 Å². The number of rotatable bonds is 2. The fourth-order valence-electron chi connectivity index (χ4n) is 0.740. The topological polar surface area (TPSA) is 0 Å². The fourth-order valence-corrected chi connectivity index (χ4v) is 0.740. The van der Waals surface area contributed by atoms with Crippen molar-refractivity contribution in [2.24, 2.45) is 0 Å². The first-order chi connectivity index (χ1) is 7.43. The van der Waals surface area contributed by atoms with Crippen LogP contribution in [-0.4, -0.2) is 0 Å². The molecule has 2 aliphatic rings. The van der Waals surface area contributed by atoms with Crippen molar-refractivity contribution in [1.82, 2.24) is 0 Å². The van der Waals surface area contributed by atoms with E-state index in [0.29, 0.717) is 0 Å². The largest absolute Gasteiger partial charge is 1.00 e. The van der Waals surface area contributed by atoms with E-state index in [1.54, 1.807) is 0 Å². The van der Waals surface area contributed by atoms with Gasteiger partial charge in [-0.25, -0.2) is 0 Å². The minimum Gasteiger partial charge on any atom is -1.00 e. The number of hydrogen-bond donors (Lipinski definition) is 0. The minimum absolute atomic E-state index is 0. The molecule has 2 saturated carbocycles. The van der Waals surface area contributed by atoms with Gasteiger partial charge in [-0.05, 0) is 56.6 Å². The summed E-state index contributed by atoms with van der Waals surface area (Å²) < 4.78 is 0. The Morgan fingerprint density at radius 3 is 1.65 bits per heavy atom. The summed E-state index contributed by atoms with van der Waals surface area (Å²) in [6, 6.07) is 10.2. The summed E-state index contributed by atoms with van der Waals surface area (Å²) in [5.74, 6) is 0. The molecule has 0 amide bonds. The average Bonchev–Trinajstić information content (AvgIpc) is 3.12. The van der Waals surface area contributed by atoms with Crippen LogP contribution in [0.1, 0.15) is 31.2 Å². The molecule has 0 spiro atoms. The van der Waals surface area contributed by atoms with Crippen molar-refractivity contribution in [2.45, 2.75) is 32.1 Å². The molecule has 1 aromatic carbocycles. The monoisotopic (exact) mass is 324 g/mol. The number of halogens is 1. The van der Waals surface area contributed by atoms with Crippen molar-refractivity contribution >= 4 is 0 Å². The average molecular weight is 326 g/mol. The molecule has 0 aliphatic heterocycles. The molecule has 0 bridgehead atoms. The van der Waals surface area contributed by atoms with E-state index in [9.17, 15) is 0 Å². The quantitative estimate of drug-likeness (QED) is 0.766. The molecule has 0 N–H and O–H groups in total. The molecule has 0 saturated heterocycles. The van der Waals surface area contributed by atoms with Gasteiger partial charge in [-0.15, -0.1) is 0 Å². The molecule has 17 heavy (non-hydrogen) atoms. The summed E-state index contributed by atoms with van der Waals surface area (Å²) in [6.07, 6.45) is 13.7. The fraction of sp³-hybridized carbons (Fsp3) is 0.333. The molecule has 0 atom stereocenters. The van der Waals surface area contributed by atoms with E-state index in [2.05, 4.69) is 37.6 Å². The van der Waals surface area contributed by atoms with E-state index in [1.165, 1.54) is 31.2 Å². The molecule has 0 aromatic heterocycles. The Labute approximate surface area is 131 Å². The summed E-state index contributed by atoms with van der Waals surface area (Å²) in [7, 11) is 0. The molecular formula is C15H19ClZr-. The zero-order chi connectivity index (χ0) is 10.8. The van der Waals surface area contributed by atoms with Crippen LogP contribution in [0.3, 0.4) is 0 Å². The summed E-state index contributed by atoms with van der Waals surface area (Å²) in [5, 5.41) is 0. The van der Waals surface area contributed by atoms with Crippen LogP contribution >= 0.6 is 0 Å². The van der Waals surface area contributed by atoms with Gasteiger partial charge in [0.1, 0.15) is 0 Å². The van der Waals surface area contributed by atoms with Crippen LogP contribution in [0.5, 0.6) is 0 Å². The third-order valence-corrected chi connectivity index (χ3v) is 1.75. The van der Waals surface area contributed by atoms with Crippen molar-refractivity contribution < 1.29 is 38.6 Å². The van der Waals surface area contributed by atoms with E-state index in [-0.39, 0.29) is 38.6 Å². The van der Waals surface area contributed by atoms with E-state index in [4.69, 9.17) is 0 Å². The summed E-state index contributed by atoms with van der Waals surface area (Å²) >= 11 is 0. The van der Waals surface area contributed by atoms with E-state index >= 15 is 0 Å². The summed E-state index contributed by atoms with van der Waals surface area (Å²) in [4.78, 5) is 0. The Balaban J connectivity index is 0. The second kappa shape index (κ2) is 14.2. The molecule has 0 heterocycles. The maximum Gasteiger partial charge on any atom is 0 e. The first-order valence-corrected chi connectivity index (χ1v) is 5.60. The predicted molar refractivity (Wildman–Crippen MR) is 66.1 cm³/mol. The standard InChI is InChI=1S/C9H9.2C3H5.ClH.Zr/c1-2-6-9-7-4-3-5-8-9;2*1-2-3-1;;/h3-5,7-8H,1,6H2;2*1H,2-3H2;1H;/p-1. The van der Waals surface area contributed by atoms with Crippen molar-refractivity contribution in [3.8, 4) is 0 Å². The molecule has 3 rings (SSSR count). The molecular weight excluding hydrogens is 307 g/mol. The Morgan fingerprint density at radius 2 is 1.35 bits per heavy atom. The van der Waals surface area contributed by atoms with Crippen LogP contribution in [0, 0.1) is 18.9 Å². The van der Waals surface area contributed by atoms with Gasteiger partial charge in [0.2, 0.25) is 0 Å². The third-order valence-electron chi connectivity index (χ3n) is 1.75. The minimum atomic E-state index is 0. The molecule has 91 valence electrons. The van der Waals surface area contributed by atoms with Gasteiger partial charge in [0.05, 0.1) is 0 Å². The van der Waals surface area contributed by atoms with Crippen molar-refractivity contribution in [3.63, 3.8) is 0 Å². The van der Waals surface area contributed by atoms with Crippen LogP contribution in [0.2, 0.25) is 0 Å². The maximum absolute atomic E-state index is 3.53. The normalized spacial score (nSPS) is 13.2. The van der Waals surface area contributed by atoms with Gasteiger partial charge in [-0.3, -0.25) is 0 Å². The van der Waals surface area contributed by atoms with Gasteiger partial charge in [-0.1, -0.05) is 36.9 Å².